The molecule has 0 saturated carbocycles. The second-order valence-corrected chi connectivity index (χ2v) is 8.08. The summed E-state index contributed by atoms with van der Waals surface area (Å²) in [6.07, 6.45) is 0. The smallest absolute Gasteiger partial charge is 0.240 e. The molecule has 0 fully saturated rings. The van der Waals surface area contributed by atoms with Crippen molar-refractivity contribution in [2.45, 2.75) is 23.4 Å². The minimum Gasteiger partial charge on any atom is -0.325 e. The van der Waals surface area contributed by atoms with Gasteiger partial charge in [-0.1, -0.05) is 39.8 Å². The number of aromatic nitrogens is 3. The number of anilines is 1. The predicted molar refractivity (Wildman–Crippen MR) is 106 cm³/mol. The molecule has 0 aliphatic carbocycles. The Balaban J connectivity index is 1.65. The van der Waals surface area contributed by atoms with E-state index in [1.807, 2.05) is 31.2 Å². The molecule has 0 radical (unpaired) electrons. The standard InChI is InChI=1S/C18H15BrFN5OS/c1-10-22-23-18-25(10)24-15(11-2-6-13(20)7-3-11)16(27-18)17(26)21-14-8-4-12(19)5-9-14/h2-9,15-16,24H,1H3,(H,21,26)/t15-,16+/m0/s1. The Kier molecular flexibility index (Phi) is 4.88. The minimum atomic E-state index is -0.504. The largest absolute Gasteiger partial charge is 0.325 e. The number of thioether (sulfide) groups is 1. The van der Waals surface area contributed by atoms with Gasteiger partial charge < -0.3 is 10.7 Å². The summed E-state index contributed by atoms with van der Waals surface area (Å²) in [5.41, 5.74) is 4.79. The van der Waals surface area contributed by atoms with Gasteiger partial charge in [-0.25, -0.2) is 9.07 Å². The number of nitrogens with zero attached hydrogens (tertiary/aromatic N) is 3. The van der Waals surface area contributed by atoms with Crippen LogP contribution in [-0.4, -0.2) is 26.0 Å². The molecule has 0 unspecified atom stereocenters. The van der Waals surface area contributed by atoms with Gasteiger partial charge in [0.05, 0.1) is 6.04 Å². The Morgan fingerprint density at radius 1 is 1.19 bits per heavy atom. The number of aryl methyl sites for hydroxylation is 1. The molecular formula is C18H15BrFN5OS. The van der Waals surface area contributed by atoms with E-state index in [1.165, 1.54) is 23.9 Å². The fraction of sp³-hybridized carbons (Fsp3) is 0.167. The Morgan fingerprint density at radius 2 is 1.89 bits per heavy atom. The third-order valence-corrected chi connectivity index (χ3v) is 5.94. The van der Waals surface area contributed by atoms with Crippen LogP contribution in [0, 0.1) is 12.7 Å². The molecule has 27 heavy (non-hydrogen) atoms. The average molecular weight is 448 g/mol. The van der Waals surface area contributed by atoms with Crippen LogP contribution >= 0.6 is 27.7 Å². The molecule has 4 rings (SSSR count). The molecule has 0 saturated heterocycles. The van der Waals surface area contributed by atoms with Crippen molar-refractivity contribution in [2.24, 2.45) is 0 Å². The van der Waals surface area contributed by atoms with E-state index >= 15 is 0 Å². The number of nitrogens with one attached hydrogen (secondary N) is 2. The van der Waals surface area contributed by atoms with Crippen molar-refractivity contribution >= 4 is 39.3 Å². The van der Waals surface area contributed by atoms with E-state index in [4.69, 9.17) is 0 Å². The van der Waals surface area contributed by atoms with Crippen LogP contribution in [0.5, 0.6) is 0 Å². The fourth-order valence-electron chi connectivity index (χ4n) is 2.83. The maximum absolute atomic E-state index is 13.3. The lowest BCUT2D eigenvalue weighted by Gasteiger charge is -2.32. The monoisotopic (exact) mass is 447 g/mol. The van der Waals surface area contributed by atoms with Gasteiger partial charge in [0, 0.05) is 10.2 Å². The lowest BCUT2D eigenvalue weighted by atomic mass is 10.0. The van der Waals surface area contributed by atoms with Gasteiger partial charge in [-0.2, -0.15) is 0 Å². The van der Waals surface area contributed by atoms with E-state index in [0.717, 1.165) is 10.0 Å². The summed E-state index contributed by atoms with van der Waals surface area (Å²) in [5.74, 6) is 0.201. The number of hydrogen-bond acceptors (Lipinski definition) is 5. The maximum atomic E-state index is 13.3. The SMILES string of the molecule is Cc1nnc2n1N[C@@H](c1ccc(F)cc1)[C@H](C(=O)Nc1ccc(Br)cc1)S2. The van der Waals surface area contributed by atoms with Crippen molar-refractivity contribution in [2.75, 3.05) is 10.7 Å². The first-order valence-electron chi connectivity index (χ1n) is 8.18. The fourth-order valence-corrected chi connectivity index (χ4v) is 4.22. The number of rotatable bonds is 3. The van der Waals surface area contributed by atoms with Crippen molar-refractivity contribution in [3.05, 3.63) is 70.2 Å². The van der Waals surface area contributed by atoms with E-state index in [-0.39, 0.29) is 17.8 Å². The molecule has 0 spiro atoms. The van der Waals surface area contributed by atoms with Crippen molar-refractivity contribution in [1.82, 2.24) is 14.9 Å². The molecule has 9 heteroatoms. The summed E-state index contributed by atoms with van der Waals surface area (Å²) < 4.78 is 16.0. The Morgan fingerprint density at radius 3 is 2.59 bits per heavy atom. The molecule has 138 valence electrons. The maximum Gasteiger partial charge on any atom is 0.240 e. The predicted octanol–water partition coefficient (Wildman–Crippen LogP) is 3.89. The lowest BCUT2D eigenvalue weighted by Crippen LogP contribution is -2.41. The number of amides is 1. The zero-order chi connectivity index (χ0) is 19.0. The van der Waals surface area contributed by atoms with E-state index in [1.54, 1.807) is 16.8 Å². The van der Waals surface area contributed by atoms with Crippen LogP contribution < -0.4 is 10.7 Å². The number of halogens is 2. The molecule has 1 aliphatic rings. The number of fused-ring (bicyclic) bond motifs is 1. The number of carbonyl (C=O) groups excluding carboxylic acids is 1. The van der Waals surface area contributed by atoms with Crippen LogP contribution in [0.1, 0.15) is 17.4 Å². The lowest BCUT2D eigenvalue weighted by molar-refractivity contribution is -0.116. The first-order valence-corrected chi connectivity index (χ1v) is 9.85. The van der Waals surface area contributed by atoms with Crippen molar-refractivity contribution in [3.8, 4) is 0 Å². The summed E-state index contributed by atoms with van der Waals surface area (Å²) >= 11 is 4.71. The van der Waals surface area contributed by atoms with Gasteiger partial charge in [0.2, 0.25) is 11.1 Å². The van der Waals surface area contributed by atoms with Crippen LogP contribution in [0.4, 0.5) is 10.1 Å². The molecule has 1 aliphatic heterocycles. The highest BCUT2D eigenvalue weighted by Gasteiger charge is 2.37. The van der Waals surface area contributed by atoms with Gasteiger partial charge >= 0.3 is 0 Å². The average Bonchev–Trinajstić information content (AvgIpc) is 3.03. The van der Waals surface area contributed by atoms with E-state index in [2.05, 4.69) is 36.9 Å². The van der Waals surface area contributed by atoms with Crippen molar-refractivity contribution in [3.63, 3.8) is 0 Å². The zero-order valence-electron chi connectivity index (χ0n) is 14.2. The number of benzene rings is 2. The minimum absolute atomic E-state index is 0.170. The first kappa shape index (κ1) is 18.0. The highest BCUT2D eigenvalue weighted by atomic mass is 79.9. The Hall–Kier alpha value is -2.39. The second-order valence-electron chi connectivity index (χ2n) is 6.06. The molecule has 2 heterocycles. The van der Waals surface area contributed by atoms with Gasteiger partial charge in [0.1, 0.15) is 16.9 Å². The summed E-state index contributed by atoms with van der Waals surface area (Å²) in [5, 5.41) is 11.2. The zero-order valence-corrected chi connectivity index (χ0v) is 16.6. The third kappa shape index (κ3) is 3.70. The van der Waals surface area contributed by atoms with Crippen LogP contribution in [0.15, 0.2) is 58.2 Å². The second kappa shape index (κ2) is 7.32. The molecule has 1 aromatic heterocycles. The summed E-state index contributed by atoms with van der Waals surface area (Å²) in [4.78, 5) is 13.0. The topological polar surface area (TPSA) is 71.8 Å². The van der Waals surface area contributed by atoms with Crippen molar-refractivity contribution in [1.29, 1.82) is 0 Å². The van der Waals surface area contributed by atoms with Crippen LogP contribution in [0.25, 0.3) is 0 Å². The molecule has 2 N–H and O–H groups in total. The van der Waals surface area contributed by atoms with Crippen LogP contribution in [-0.2, 0) is 4.79 Å². The molecule has 6 nitrogen and oxygen atoms in total. The first-order chi connectivity index (χ1) is 13.0. The van der Waals surface area contributed by atoms with Gasteiger partial charge in [-0.3, -0.25) is 4.79 Å². The van der Waals surface area contributed by atoms with E-state index < -0.39 is 5.25 Å². The Labute approximate surface area is 167 Å². The molecule has 0 bridgehead atoms. The molecule has 2 atom stereocenters. The quantitative estimate of drug-likeness (QED) is 0.637. The third-order valence-electron chi connectivity index (χ3n) is 4.20. The van der Waals surface area contributed by atoms with E-state index in [0.29, 0.717) is 16.7 Å². The van der Waals surface area contributed by atoms with Crippen LogP contribution in [0.2, 0.25) is 0 Å². The van der Waals surface area contributed by atoms with Gasteiger partial charge in [0.25, 0.3) is 0 Å². The highest BCUT2D eigenvalue weighted by Crippen LogP contribution is 2.37. The normalized spacial score (nSPS) is 18.5. The van der Waals surface area contributed by atoms with Gasteiger partial charge in [-0.05, 0) is 48.9 Å². The van der Waals surface area contributed by atoms with Gasteiger partial charge in [0.15, 0.2) is 0 Å². The molecule has 3 aromatic rings. The summed E-state index contributed by atoms with van der Waals surface area (Å²) in [7, 11) is 0. The van der Waals surface area contributed by atoms with Crippen molar-refractivity contribution < 1.29 is 9.18 Å². The van der Waals surface area contributed by atoms with E-state index in [9.17, 15) is 9.18 Å². The Bertz CT molecular complexity index is 976. The number of carbonyl (C=O) groups is 1. The van der Waals surface area contributed by atoms with Crippen LogP contribution in [0.3, 0.4) is 0 Å². The molecule has 1 amide bonds. The summed E-state index contributed by atoms with van der Waals surface area (Å²) in [6.45, 7) is 1.83. The summed E-state index contributed by atoms with van der Waals surface area (Å²) in [6, 6.07) is 13.1. The highest BCUT2D eigenvalue weighted by molar-refractivity contribution is 9.10. The molecule has 2 aromatic carbocycles. The van der Waals surface area contributed by atoms with Gasteiger partial charge in [-0.15, -0.1) is 10.2 Å². The molecular weight excluding hydrogens is 433 g/mol. The number of hydrogen-bond donors (Lipinski definition) is 2.